The quantitative estimate of drug-likeness (QED) is 0.765. The summed E-state index contributed by atoms with van der Waals surface area (Å²) in [5.41, 5.74) is 0. The lowest BCUT2D eigenvalue weighted by atomic mass is 10.3. The standard InChI is InChI=1S/C11H21N5/c1-3-12-10-4-6-16(8-10)7-5-11-14-13-9-15(11)2/h9-10,12H,3-8H2,1-2H3. The highest BCUT2D eigenvalue weighted by Crippen LogP contribution is 2.09. The van der Waals surface area contributed by atoms with Crippen LogP contribution in [0.4, 0.5) is 0 Å². The molecule has 90 valence electrons. The zero-order valence-electron chi connectivity index (χ0n) is 10.2. The minimum atomic E-state index is 0.685. The molecule has 5 nitrogen and oxygen atoms in total. The van der Waals surface area contributed by atoms with Crippen molar-refractivity contribution in [1.82, 2.24) is 25.0 Å². The van der Waals surface area contributed by atoms with Gasteiger partial charge in [0.05, 0.1) is 0 Å². The number of hydrogen-bond acceptors (Lipinski definition) is 4. The van der Waals surface area contributed by atoms with E-state index in [1.54, 1.807) is 6.33 Å². The minimum absolute atomic E-state index is 0.685. The molecule has 1 unspecified atom stereocenters. The maximum Gasteiger partial charge on any atom is 0.133 e. The molecule has 1 fully saturated rings. The molecule has 1 N–H and O–H groups in total. The Morgan fingerprint density at radius 2 is 2.44 bits per heavy atom. The van der Waals surface area contributed by atoms with Crippen LogP contribution >= 0.6 is 0 Å². The molecule has 0 aliphatic carbocycles. The Bertz CT molecular complexity index is 322. The third-order valence-corrected chi connectivity index (χ3v) is 3.22. The van der Waals surface area contributed by atoms with Crippen LogP contribution in [0.3, 0.4) is 0 Å². The summed E-state index contributed by atoms with van der Waals surface area (Å²) in [6.45, 7) is 6.71. The summed E-state index contributed by atoms with van der Waals surface area (Å²) >= 11 is 0. The number of likely N-dealkylation sites (N-methyl/N-ethyl adjacent to an activating group) is 1. The average Bonchev–Trinajstić information content (AvgIpc) is 2.86. The van der Waals surface area contributed by atoms with Crippen molar-refractivity contribution in [1.29, 1.82) is 0 Å². The fourth-order valence-corrected chi connectivity index (χ4v) is 2.28. The van der Waals surface area contributed by atoms with Crippen LogP contribution in [0.1, 0.15) is 19.2 Å². The second-order valence-electron chi connectivity index (χ2n) is 4.45. The predicted molar refractivity (Wildman–Crippen MR) is 63.2 cm³/mol. The van der Waals surface area contributed by atoms with E-state index in [0.717, 1.165) is 25.3 Å². The highest BCUT2D eigenvalue weighted by Gasteiger charge is 2.21. The van der Waals surface area contributed by atoms with Gasteiger partial charge in [0.2, 0.25) is 0 Å². The van der Waals surface area contributed by atoms with E-state index in [-0.39, 0.29) is 0 Å². The number of aromatic nitrogens is 3. The summed E-state index contributed by atoms with van der Waals surface area (Å²) in [5, 5.41) is 11.5. The Labute approximate surface area is 96.8 Å². The van der Waals surface area contributed by atoms with Crippen molar-refractivity contribution in [3.05, 3.63) is 12.2 Å². The number of hydrogen-bond donors (Lipinski definition) is 1. The van der Waals surface area contributed by atoms with Crippen molar-refractivity contribution in [2.75, 3.05) is 26.2 Å². The third kappa shape index (κ3) is 2.80. The molecule has 2 rings (SSSR count). The van der Waals surface area contributed by atoms with Crippen LogP contribution in [-0.4, -0.2) is 51.9 Å². The van der Waals surface area contributed by atoms with E-state index >= 15 is 0 Å². The summed E-state index contributed by atoms with van der Waals surface area (Å²) in [6.07, 6.45) is 4.03. The molecule has 1 aromatic heterocycles. The van der Waals surface area contributed by atoms with Gasteiger partial charge < -0.3 is 14.8 Å². The fraction of sp³-hybridized carbons (Fsp3) is 0.818. The number of aryl methyl sites for hydroxylation is 1. The molecule has 0 saturated carbocycles. The second-order valence-corrected chi connectivity index (χ2v) is 4.45. The molecule has 1 aliphatic rings. The van der Waals surface area contributed by atoms with Crippen molar-refractivity contribution in [2.45, 2.75) is 25.8 Å². The molecule has 0 amide bonds. The first kappa shape index (κ1) is 11.5. The first-order valence-electron chi connectivity index (χ1n) is 6.08. The van der Waals surface area contributed by atoms with Gasteiger partial charge in [-0.3, -0.25) is 0 Å². The number of rotatable bonds is 5. The van der Waals surface area contributed by atoms with E-state index in [2.05, 4.69) is 27.3 Å². The first-order valence-corrected chi connectivity index (χ1v) is 6.08. The average molecular weight is 223 g/mol. The normalized spacial score (nSPS) is 21.8. The van der Waals surface area contributed by atoms with Gasteiger partial charge in [-0.25, -0.2) is 0 Å². The van der Waals surface area contributed by atoms with Crippen LogP contribution in [0.2, 0.25) is 0 Å². The van der Waals surface area contributed by atoms with Gasteiger partial charge in [0.15, 0.2) is 0 Å². The van der Waals surface area contributed by atoms with Crippen molar-refractivity contribution in [2.24, 2.45) is 7.05 Å². The molecule has 0 bridgehead atoms. The molecule has 2 heterocycles. The van der Waals surface area contributed by atoms with E-state index < -0.39 is 0 Å². The van der Waals surface area contributed by atoms with E-state index in [9.17, 15) is 0 Å². The lowest BCUT2D eigenvalue weighted by Gasteiger charge is -2.15. The summed E-state index contributed by atoms with van der Waals surface area (Å²) in [5.74, 6) is 1.08. The van der Waals surface area contributed by atoms with Gasteiger partial charge in [0.25, 0.3) is 0 Å². The fourth-order valence-electron chi connectivity index (χ4n) is 2.28. The van der Waals surface area contributed by atoms with Crippen LogP contribution in [0.25, 0.3) is 0 Å². The highest BCUT2D eigenvalue weighted by molar-refractivity contribution is 4.88. The Balaban J connectivity index is 1.74. The van der Waals surface area contributed by atoms with E-state index in [1.165, 1.54) is 19.5 Å². The molecule has 0 spiro atoms. The largest absolute Gasteiger partial charge is 0.321 e. The number of likely N-dealkylation sites (tertiary alicyclic amines) is 1. The molecule has 1 atom stereocenters. The van der Waals surface area contributed by atoms with Gasteiger partial charge >= 0.3 is 0 Å². The molecule has 0 aromatic carbocycles. The Hall–Kier alpha value is -0.940. The van der Waals surface area contributed by atoms with E-state index in [1.807, 2.05) is 11.6 Å². The Morgan fingerprint density at radius 3 is 3.12 bits per heavy atom. The van der Waals surface area contributed by atoms with Gasteiger partial charge in [-0.05, 0) is 19.5 Å². The summed E-state index contributed by atoms with van der Waals surface area (Å²) in [6, 6.07) is 0.685. The molecule has 16 heavy (non-hydrogen) atoms. The Morgan fingerprint density at radius 1 is 1.56 bits per heavy atom. The van der Waals surface area contributed by atoms with Gasteiger partial charge in [-0.15, -0.1) is 10.2 Å². The lowest BCUT2D eigenvalue weighted by Crippen LogP contribution is -2.33. The van der Waals surface area contributed by atoms with E-state index in [0.29, 0.717) is 6.04 Å². The van der Waals surface area contributed by atoms with Crippen LogP contribution in [0.15, 0.2) is 6.33 Å². The first-order chi connectivity index (χ1) is 7.79. The van der Waals surface area contributed by atoms with Gasteiger partial charge in [-0.1, -0.05) is 6.92 Å². The van der Waals surface area contributed by atoms with Crippen LogP contribution in [0.5, 0.6) is 0 Å². The van der Waals surface area contributed by atoms with Crippen molar-refractivity contribution < 1.29 is 0 Å². The van der Waals surface area contributed by atoms with Crippen LogP contribution in [-0.2, 0) is 13.5 Å². The molecular formula is C11H21N5. The van der Waals surface area contributed by atoms with Gasteiger partial charge in [-0.2, -0.15) is 0 Å². The maximum atomic E-state index is 4.10. The molecule has 1 saturated heterocycles. The lowest BCUT2D eigenvalue weighted by molar-refractivity contribution is 0.329. The van der Waals surface area contributed by atoms with Crippen molar-refractivity contribution in [3.8, 4) is 0 Å². The summed E-state index contributed by atoms with van der Waals surface area (Å²) < 4.78 is 2.00. The Kier molecular flexibility index (Phi) is 3.90. The number of nitrogens with one attached hydrogen (secondary N) is 1. The predicted octanol–water partition coefficient (Wildman–Crippen LogP) is 0.0414. The minimum Gasteiger partial charge on any atom is -0.321 e. The summed E-state index contributed by atoms with van der Waals surface area (Å²) in [4.78, 5) is 2.50. The van der Waals surface area contributed by atoms with Crippen molar-refractivity contribution in [3.63, 3.8) is 0 Å². The highest BCUT2D eigenvalue weighted by atomic mass is 15.3. The third-order valence-electron chi connectivity index (χ3n) is 3.22. The molecule has 5 heteroatoms. The molecular weight excluding hydrogens is 202 g/mol. The molecule has 1 aliphatic heterocycles. The van der Waals surface area contributed by atoms with Gasteiger partial charge in [0, 0.05) is 32.6 Å². The van der Waals surface area contributed by atoms with Gasteiger partial charge in [0.1, 0.15) is 12.2 Å². The van der Waals surface area contributed by atoms with Crippen molar-refractivity contribution >= 4 is 0 Å². The monoisotopic (exact) mass is 223 g/mol. The topological polar surface area (TPSA) is 46.0 Å². The molecule has 1 aromatic rings. The maximum absolute atomic E-state index is 4.10. The zero-order chi connectivity index (χ0) is 11.4. The molecule has 0 radical (unpaired) electrons. The number of nitrogens with zero attached hydrogens (tertiary/aromatic N) is 4. The zero-order valence-corrected chi connectivity index (χ0v) is 10.2. The van der Waals surface area contributed by atoms with E-state index in [4.69, 9.17) is 0 Å². The second kappa shape index (κ2) is 5.41. The van der Waals surface area contributed by atoms with Crippen LogP contribution < -0.4 is 5.32 Å². The van der Waals surface area contributed by atoms with Crippen LogP contribution in [0, 0.1) is 0 Å². The smallest absolute Gasteiger partial charge is 0.133 e. The summed E-state index contributed by atoms with van der Waals surface area (Å²) in [7, 11) is 2.00. The SMILES string of the molecule is CCNC1CCN(CCc2nncn2C)C1.